The van der Waals surface area contributed by atoms with Gasteiger partial charge < -0.3 is 19.6 Å². The predicted octanol–water partition coefficient (Wildman–Crippen LogP) is 5.74. The van der Waals surface area contributed by atoms with Crippen molar-refractivity contribution in [2.45, 2.75) is 81.9 Å². The summed E-state index contributed by atoms with van der Waals surface area (Å²) in [5, 5.41) is 10.3. The molecule has 2 aromatic rings. The van der Waals surface area contributed by atoms with Crippen molar-refractivity contribution >= 4 is 33.2 Å². The number of fused-ring (bicyclic) bond motifs is 4. The monoisotopic (exact) mass is 643 g/mol. The number of rotatable bonds is 1. The molecule has 2 N–H and O–H groups in total. The number of halogens is 1. The minimum Gasteiger partial charge on any atom is -0.506 e. The van der Waals surface area contributed by atoms with E-state index in [1.807, 2.05) is 19.1 Å². The molecule has 1 spiro atoms. The number of carbonyl (C=O) groups excluding carboxylic acids is 1. The van der Waals surface area contributed by atoms with Gasteiger partial charge in [-0.2, -0.15) is 0 Å². The number of aromatic hydroxyl groups is 1. The van der Waals surface area contributed by atoms with Crippen molar-refractivity contribution < 1.29 is 23.1 Å². The molecule has 2 aliphatic carbocycles. The number of nitrogens with one attached hydrogen (secondary N) is 1. The summed E-state index contributed by atoms with van der Waals surface area (Å²) in [5.74, 6) is 1.16. The second-order valence-electron chi connectivity index (χ2n) is 14.1. The smallest absolute Gasteiger partial charge is 0.264 e. The van der Waals surface area contributed by atoms with Gasteiger partial charge in [0.05, 0.1) is 22.6 Å². The highest BCUT2D eigenvalue weighted by Gasteiger charge is 2.44. The van der Waals surface area contributed by atoms with Crippen LogP contribution in [0.5, 0.6) is 11.5 Å². The van der Waals surface area contributed by atoms with E-state index in [1.54, 1.807) is 25.1 Å². The molecule has 0 unspecified atom stereocenters. The highest BCUT2D eigenvalue weighted by molar-refractivity contribution is 7.90. The van der Waals surface area contributed by atoms with Gasteiger partial charge >= 0.3 is 0 Å². The average Bonchev–Trinajstić information content (AvgIpc) is 3.11. The van der Waals surface area contributed by atoms with E-state index in [2.05, 4.69) is 28.6 Å². The fraction of sp³-hybridized carbons (Fsp3) is 0.618. The Kier molecular flexibility index (Phi) is 8.61. The molecule has 0 saturated heterocycles. The SMILES string of the molecule is C[C@@H]1[C@@H](C)C[C@@H](N(C)C)CC[C@H]2CC[C@H]2CN2C[C@@]3(CCCc4cc(Cl)c(O)cc43)COc3ccc(cc32)C(=O)NS1(=O)=O. The lowest BCUT2D eigenvalue weighted by atomic mass is 9.68. The van der Waals surface area contributed by atoms with E-state index in [0.717, 1.165) is 68.3 Å². The van der Waals surface area contributed by atoms with Gasteiger partial charge in [-0.25, -0.2) is 13.1 Å². The zero-order chi connectivity index (χ0) is 31.4. The molecule has 0 radical (unpaired) electrons. The third-order valence-corrected chi connectivity index (χ3v) is 13.4. The largest absolute Gasteiger partial charge is 0.506 e. The van der Waals surface area contributed by atoms with Gasteiger partial charge in [-0.15, -0.1) is 0 Å². The number of carbonyl (C=O) groups is 1. The molecular formula is C34H46ClN3O5S. The average molecular weight is 644 g/mol. The van der Waals surface area contributed by atoms with E-state index in [4.69, 9.17) is 16.3 Å². The molecule has 8 nitrogen and oxygen atoms in total. The maximum absolute atomic E-state index is 13.5. The summed E-state index contributed by atoms with van der Waals surface area (Å²) in [7, 11) is 0.256. The van der Waals surface area contributed by atoms with Crippen molar-refractivity contribution in [1.82, 2.24) is 9.62 Å². The summed E-state index contributed by atoms with van der Waals surface area (Å²) in [6.07, 6.45) is 8.03. The summed E-state index contributed by atoms with van der Waals surface area (Å²) in [5.41, 5.74) is 2.99. The van der Waals surface area contributed by atoms with E-state index < -0.39 is 21.2 Å². The Morgan fingerprint density at radius 1 is 1.09 bits per heavy atom. The minimum atomic E-state index is -3.90. The van der Waals surface area contributed by atoms with E-state index >= 15 is 0 Å². The van der Waals surface area contributed by atoms with Gasteiger partial charge in [0.25, 0.3) is 5.91 Å². The summed E-state index contributed by atoms with van der Waals surface area (Å²) in [6, 6.07) is 9.25. The summed E-state index contributed by atoms with van der Waals surface area (Å²) >= 11 is 6.34. The minimum absolute atomic E-state index is 0.0830. The van der Waals surface area contributed by atoms with Crippen LogP contribution in [0.2, 0.25) is 5.02 Å². The third-order valence-electron chi connectivity index (χ3n) is 11.2. The molecule has 44 heavy (non-hydrogen) atoms. The van der Waals surface area contributed by atoms with Crippen molar-refractivity contribution in [3.05, 3.63) is 52.0 Å². The van der Waals surface area contributed by atoms with Gasteiger partial charge in [0.1, 0.15) is 11.5 Å². The Morgan fingerprint density at radius 2 is 1.84 bits per heavy atom. The second-order valence-corrected chi connectivity index (χ2v) is 16.6. The molecule has 1 amide bonds. The lowest BCUT2D eigenvalue weighted by Crippen LogP contribution is -2.48. The van der Waals surface area contributed by atoms with Crippen molar-refractivity contribution in [1.29, 1.82) is 0 Å². The van der Waals surface area contributed by atoms with Crippen LogP contribution in [-0.2, 0) is 21.9 Å². The highest BCUT2D eigenvalue weighted by Crippen LogP contribution is 2.48. The van der Waals surface area contributed by atoms with Gasteiger partial charge in [-0.05, 0) is 132 Å². The zero-order valence-electron chi connectivity index (χ0n) is 26.3. The molecule has 1 fully saturated rings. The van der Waals surface area contributed by atoms with Crippen LogP contribution in [0, 0.1) is 17.8 Å². The number of aryl methyl sites for hydroxylation is 1. The van der Waals surface area contributed by atoms with Crippen LogP contribution in [0.25, 0.3) is 0 Å². The molecular weight excluding hydrogens is 598 g/mol. The molecule has 6 atom stereocenters. The van der Waals surface area contributed by atoms with Crippen molar-refractivity contribution in [2.24, 2.45) is 17.8 Å². The van der Waals surface area contributed by atoms with E-state index in [-0.39, 0.29) is 23.1 Å². The van der Waals surface area contributed by atoms with Crippen molar-refractivity contribution in [2.75, 3.05) is 38.7 Å². The molecule has 4 aliphatic rings. The van der Waals surface area contributed by atoms with E-state index in [9.17, 15) is 18.3 Å². The number of phenolic OH excluding ortho intramolecular Hbond substituents is 1. The number of amides is 1. The Hall–Kier alpha value is -2.49. The van der Waals surface area contributed by atoms with Crippen LogP contribution in [0.4, 0.5) is 5.69 Å². The number of phenols is 1. The standard InChI is InChI=1S/C34H46ClN3O5S/c1-21-14-27(37(3)4)11-9-23-7-8-26(23)18-38-19-34(13-5-6-24-15-29(35)31(39)17-28(24)34)20-43-32-12-10-25(16-30(32)38)33(40)36-44(41,42)22(21)2/h10,12,15-17,21-23,26-27,39H,5-9,11,13-14,18-20H2,1-4H3,(H,36,40)/t21-,22+,23+,26-,27-,34-/m0/s1. The summed E-state index contributed by atoms with van der Waals surface area (Å²) in [4.78, 5) is 18.1. The number of anilines is 1. The first-order valence-electron chi connectivity index (χ1n) is 16.1. The molecule has 0 aromatic heterocycles. The molecule has 240 valence electrons. The van der Waals surface area contributed by atoms with Crippen LogP contribution in [-0.4, -0.2) is 69.4 Å². The normalized spacial score (nSPS) is 32.1. The lowest BCUT2D eigenvalue weighted by molar-refractivity contribution is 0.0980. The van der Waals surface area contributed by atoms with Gasteiger partial charge in [0.15, 0.2) is 0 Å². The Balaban J connectivity index is 1.41. The first-order chi connectivity index (χ1) is 20.9. The molecule has 2 heterocycles. The third kappa shape index (κ3) is 5.92. The summed E-state index contributed by atoms with van der Waals surface area (Å²) in [6.45, 7) is 5.64. The van der Waals surface area contributed by atoms with Gasteiger partial charge in [-0.1, -0.05) is 18.5 Å². The molecule has 10 heteroatoms. The maximum Gasteiger partial charge on any atom is 0.264 e. The Morgan fingerprint density at radius 3 is 2.57 bits per heavy atom. The van der Waals surface area contributed by atoms with Crippen LogP contribution >= 0.6 is 11.6 Å². The van der Waals surface area contributed by atoms with Gasteiger partial charge in [0, 0.05) is 30.1 Å². The first-order valence-corrected chi connectivity index (χ1v) is 18.1. The van der Waals surface area contributed by atoms with Crippen LogP contribution in [0.3, 0.4) is 0 Å². The van der Waals surface area contributed by atoms with E-state index in [0.29, 0.717) is 41.3 Å². The summed E-state index contributed by atoms with van der Waals surface area (Å²) < 4.78 is 35.7. The topological polar surface area (TPSA) is 99.2 Å². The fourth-order valence-corrected chi connectivity index (χ4v) is 9.49. The van der Waals surface area contributed by atoms with Crippen LogP contribution in [0.15, 0.2) is 30.3 Å². The maximum atomic E-state index is 13.5. The van der Waals surface area contributed by atoms with Crippen LogP contribution in [0.1, 0.15) is 80.3 Å². The molecule has 6 rings (SSSR count). The van der Waals surface area contributed by atoms with Crippen molar-refractivity contribution in [3.63, 3.8) is 0 Å². The predicted molar refractivity (Wildman–Crippen MR) is 174 cm³/mol. The molecule has 2 aromatic carbocycles. The van der Waals surface area contributed by atoms with Crippen molar-refractivity contribution in [3.8, 4) is 11.5 Å². The molecule has 2 bridgehead atoms. The van der Waals surface area contributed by atoms with E-state index in [1.165, 1.54) is 6.42 Å². The second kappa shape index (κ2) is 12.0. The molecule has 1 saturated carbocycles. The number of benzene rings is 2. The highest BCUT2D eigenvalue weighted by atomic mass is 35.5. The van der Waals surface area contributed by atoms with Gasteiger partial charge in [-0.3, -0.25) is 4.79 Å². The van der Waals surface area contributed by atoms with Gasteiger partial charge in [0.2, 0.25) is 10.0 Å². The Bertz CT molecular complexity index is 1530. The number of hydrogen-bond acceptors (Lipinski definition) is 7. The zero-order valence-corrected chi connectivity index (χ0v) is 27.9. The van der Waals surface area contributed by atoms with Crippen LogP contribution < -0.4 is 14.4 Å². The molecule has 2 aliphatic heterocycles. The number of sulfonamides is 1. The quantitative estimate of drug-likeness (QED) is 0.409. The first kappa shape index (κ1) is 31.5. The number of ether oxygens (including phenoxy) is 1. The lowest BCUT2D eigenvalue weighted by Gasteiger charge is -2.45. The Labute approximate surface area is 267 Å². The number of nitrogens with zero attached hydrogens (tertiary/aromatic N) is 2. The number of hydrogen-bond donors (Lipinski definition) is 2. The fourth-order valence-electron chi connectivity index (χ4n) is 8.01.